The van der Waals surface area contributed by atoms with Crippen LogP contribution in [0.15, 0.2) is 34.1 Å². The first-order valence-corrected chi connectivity index (χ1v) is 7.99. The molecule has 0 fully saturated rings. The molecule has 0 radical (unpaired) electrons. The van der Waals surface area contributed by atoms with E-state index in [1.165, 1.54) is 18.2 Å². The van der Waals surface area contributed by atoms with Crippen molar-refractivity contribution in [3.05, 3.63) is 46.5 Å². The molecular weight excluding hydrogens is 288 g/mol. The summed E-state index contributed by atoms with van der Waals surface area (Å²) in [4.78, 5) is 0.235. The van der Waals surface area contributed by atoms with Gasteiger partial charge in [-0.2, -0.15) is 0 Å². The zero-order valence-electron chi connectivity index (χ0n) is 12.4. The number of sulfone groups is 1. The summed E-state index contributed by atoms with van der Waals surface area (Å²) in [5.74, 6) is 0.0460. The van der Waals surface area contributed by atoms with Gasteiger partial charge in [0.15, 0.2) is 0 Å². The quantitative estimate of drug-likeness (QED) is 0.893. The van der Waals surface area contributed by atoms with Gasteiger partial charge in [0, 0.05) is 5.56 Å². The highest BCUT2D eigenvalue weighted by molar-refractivity contribution is 7.91. The average molecular weight is 306 g/mol. The molecule has 0 aliphatic carbocycles. The van der Waals surface area contributed by atoms with Crippen LogP contribution in [0.5, 0.6) is 11.5 Å². The first-order valence-electron chi connectivity index (χ1n) is 6.50. The van der Waals surface area contributed by atoms with Crippen LogP contribution in [0.3, 0.4) is 0 Å². The second-order valence-corrected chi connectivity index (χ2v) is 7.15. The largest absolute Gasteiger partial charge is 0.508 e. The number of aromatic hydroxyl groups is 2. The molecule has 0 aromatic heterocycles. The van der Waals surface area contributed by atoms with Crippen LogP contribution in [-0.2, 0) is 9.84 Å². The van der Waals surface area contributed by atoms with Crippen LogP contribution in [0.25, 0.3) is 0 Å². The first kappa shape index (κ1) is 15.4. The molecule has 0 aliphatic heterocycles. The summed E-state index contributed by atoms with van der Waals surface area (Å²) in [6.45, 7) is 6.59. The van der Waals surface area contributed by atoms with Crippen molar-refractivity contribution in [1.82, 2.24) is 0 Å². The van der Waals surface area contributed by atoms with E-state index in [2.05, 4.69) is 0 Å². The summed E-state index contributed by atoms with van der Waals surface area (Å²) in [6.07, 6.45) is 0. The van der Waals surface area contributed by atoms with Gasteiger partial charge >= 0.3 is 0 Å². The highest BCUT2D eigenvalue weighted by atomic mass is 32.2. The molecule has 0 saturated heterocycles. The number of rotatable bonds is 2. The molecule has 2 rings (SSSR count). The van der Waals surface area contributed by atoms with Gasteiger partial charge in [-0.25, -0.2) is 8.42 Å². The van der Waals surface area contributed by atoms with Crippen molar-refractivity contribution in [2.75, 3.05) is 0 Å². The van der Waals surface area contributed by atoms with Gasteiger partial charge in [0.25, 0.3) is 0 Å². The molecule has 4 nitrogen and oxygen atoms in total. The highest BCUT2D eigenvalue weighted by Gasteiger charge is 2.25. The van der Waals surface area contributed by atoms with Crippen molar-refractivity contribution >= 4 is 9.84 Å². The smallest absolute Gasteiger partial charge is 0.207 e. The van der Waals surface area contributed by atoms with E-state index in [0.717, 1.165) is 0 Å². The summed E-state index contributed by atoms with van der Waals surface area (Å²) >= 11 is 0. The Kier molecular flexibility index (Phi) is 3.72. The van der Waals surface area contributed by atoms with Crippen molar-refractivity contribution in [1.29, 1.82) is 0 Å². The Morgan fingerprint density at radius 1 is 0.857 bits per heavy atom. The van der Waals surface area contributed by atoms with E-state index >= 15 is 0 Å². The lowest BCUT2D eigenvalue weighted by Gasteiger charge is -2.14. The third-order valence-corrected chi connectivity index (χ3v) is 5.64. The molecule has 0 spiro atoms. The van der Waals surface area contributed by atoms with E-state index in [9.17, 15) is 18.6 Å². The Bertz CT molecular complexity index is 797. The molecule has 21 heavy (non-hydrogen) atoms. The van der Waals surface area contributed by atoms with Crippen LogP contribution in [-0.4, -0.2) is 18.6 Å². The molecule has 112 valence electrons. The minimum Gasteiger partial charge on any atom is -0.508 e. The van der Waals surface area contributed by atoms with Gasteiger partial charge < -0.3 is 10.2 Å². The number of benzene rings is 2. The normalized spacial score (nSPS) is 11.6. The number of phenolic OH excluding ortho intramolecular Hbond substituents is 2. The van der Waals surface area contributed by atoms with Gasteiger partial charge in [0.05, 0.1) is 9.79 Å². The predicted octanol–water partition coefficient (Wildman–Crippen LogP) is 3.16. The van der Waals surface area contributed by atoms with E-state index in [-0.39, 0.29) is 21.3 Å². The number of hydrogen-bond donors (Lipinski definition) is 2. The maximum Gasteiger partial charge on any atom is 0.207 e. The molecule has 0 aliphatic rings. The monoisotopic (exact) mass is 306 g/mol. The Hall–Kier alpha value is -2.01. The fourth-order valence-corrected chi connectivity index (χ4v) is 4.32. The molecule has 0 atom stereocenters. The zero-order valence-corrected chi connectivity index (χ0v) is 13.2. The van der Waals surface area contributed by atoms with Gasteiger partial charge in [-0.3, -0.25) is 0 Å². The van der Waals surface area contributed by atoms with E-state index in [4.69, 9.17) is 0 Å². The second-order valence-electron chi connectivity index (χ2n) is 5.26. The maximum absolute atomic E-state index is 12.9. The van der Waals surface area contributed by atoms with Gasteiger partial charge in [-0.15, -0.1) is 0 Å². The third kappa shape index (κ3) is 2.49. The Balaban J connectivity index is 2.78. The molecule has 2 N–H and O–H groups in total. The highest BCUT2D eigenvalue weighted by Crippen LogP contribution is 2.34. The molecule has 0 saturated carbocycles. The lowest BCUT2D eigenvalue weighted by molar-refractivity contribution is 0.465. The number of phenols is 2. The number of hydrogen-bond acceptors (Lipinski definition) is 4. The molecule has 0 amide bonds. The van der Waals surface area contributed by atoms with E-state index in [0.29, 0.717) is 22.3 Å². The third-order valence-electron chi connectivity index (χ3n) is 3.62. The van der Waals surface area contributed by atoms with Gasteiger partial charge in [-0.05, 0) is 62.6 Å². The zero-order chi connectivity index (χ0) is 15.9. The fraction of sp³-hybridized carbons (Fsp3) is 0.250. The summed E-state index contributed by atoms with van der Waals surface area (Å²) in [5.41, 5.74) is 1.92. The van der Waals surface area contributed by atoms with Gasteiger partial charge in [-0.1, -0.05) is 6.07 Å². The molecule has 0 heterocycles. The van der Waals surface area contributed by atoms with E-state index in [1.807, 2.05) is 0 Å². The standard InChI is InChI=1S/C16H18O4S/c1-9-5-6-14(17)12(4)16(9)21(19,20)13-7-10(2)15(18)11(3)8-13/h5-8,17-18H,1-4H3. The summed E-state index contributed by atoms with van der Waals surface area (Å²) in [5, 5.41) is 19.6. The topological polar surface area (TPSA) is 74.6 Å². The molecule has 2 aromatic carbocycles. The molecule has 5 heteroatoms. The SMILES string of the molecule is Cc1cc(S(=O)(=O)c2c(C)ccc(O)c2C)cc(C)c1O. The van der Waals surface area contributed by atoms with Crippen LogP contribution in [0.1, 0.15) is 22.3 Å². The van der Waals surface area contributed by atoms with Gasteiger partial charge in [0.2, 0.25) is 9.84 Å². The molecule has 2 aromatic rings. The van der Waals surface area contributed by atoms with Gasteiger partial charge in [0.1, 0.15) is 11.5 Å². The van der Waals surface area contributed by atoms with Crippen molar-refractivity contribution in [3.8, 4) is 11.5 Å². The van der Waals surface area contributed by atoms with Crippen LogP contribution in [0, 0.1) is 27.7 Å². The van der Waals surface area contributed by atoms with E-state index < -0.39 is 9.84 Å². The van der Waals surface area contributed by atoms with Crippen LogP contribution in [0.4, 0.5) is 0 Å². The van der Waals surface area contributed by atoms with E-state index in [1.54, 1.807) is 33.8 Å². The fourth-order valence-electron chi connectivity index (χ4n) is 2.42. The van der Waals surface area contributed by atoms with Crippen molar-refractivity contribution in [2.24, 2.45) is 0 Å². The van der Waals surface area contributed by atoms with Crippen LogP contribution in [0.2, 0.25) is 0 Å². The summed E-state index contributed by atoms with van der Waals surface area (Å²) < 4.78 is 25.7. The summed E-state index contributed by atoms with van der Waals surface area (Å²) in [6, 6.07) is 5.95. The minimum absolute atomic E-state index is 0.0496. The molecule has 0 bridgehead atoms. The van der Waals surface area contributed by atoms with Crippen LogP contribution < -0.4 is 0 Å². The molecular formula is C16H18O4S. The maximum atomic E-state index is 12.9. The van der Waals surface area contributed by atoms with Crippen molar-refractivity contribution < 1.29 is 18.6 Å². The predicted molar refractivity (Wildman–Crippen MR) is 80.6 cm³/mol. The first-order chi connectivity index (χ1) is 9.66. The minimum atomic E-state index is -3.76. The lowest BCUT2D eigenvalue weighted by Crippen LogP contribution is -2.07. The van der Waals surface area contributed by atoms with Crippen LogP contribution >= 0.6 is 0 Å². The molecule has 0 unspecified atom stereocenters. The summed E-state index contributed by atoms with van der Waals surface area (Å²) in [7, 11) is -3.76. The average Bonchev–Trinajstić information content (AvgIpc) is 2.40. The number of aryl methyl sites for hydroxylation is 3. The second kappa shape index (κ2) is 5.07. The van der Waals surface area contributed by atoms with Crippen molar-refractivity contribution in [2.45, 2.75) is 37.5 Å². The Morgan fingerprint density at radius 3 is 1.90 bits per heavy atom. The lowest BCUT2D eigenvalue weighted by atomic mass is 10.1. The Labute approximate surface area is 124 Å². The van der Waals surface area contributed by atoms with Crippen molar-refractivity contribution in [3.63, 3.8) is 0 Å². The Morgan fingerprint density at radius 2 is 1.38 bits per heavy atom.